The number of hydrogen-bond donors (Lipinski definition) is 0. The van der Waals surface area contributed by atoms with Crippen molar-refractivity contribution in [3.8, 4) is 0 Å². The van der Waals surface area contributed by atoms with E-state index >= 15 is 0 Å². The van der Waals surface area contributed by atoms with Gasteiger partial charge in [0.1, 0.15) is 5.82 Å². The monoisotopic (exact) mass is 446 g/mol. The lowest BCUT2D eigenvalue weighted by molar-refractivity contribution is 0.0751. The zero-order valence-electron chi connectivity index (χ0n) is 11.6. The SMILES string of the molecule is O=C(c1cc(Br)c(Br)s1)N1CCN(c2ccc(F)cc2)CC1. The standard InChI is InChI=1S/C15H13Br2FN2OS/c16-12-9-13(22-14(12)17)15(21)20-7-5-19(6-8-20)11-3-1-10(18)2-4-11/h1-4,9H,5-8H2. The van der Waals surface area contributed by atoms with Crippen LogP contribution in [0.1, 0.15) is 9.67 Å². The first-order valence-electron chi connectivity index (χ1n) is 6.79. The van der Waals surface area contributed by atoms with E-state index in [1.54, 1.807) is 12.1 Å². The Morgan fingerprint density at radius 1 is 1.09 bits per heavy atom. The molecule has 1 amide bonds. The van der Waals surface area contributed by atoms with Crippen LogP contribution in [0.15, 0.2) is 38.6 Å². The number of benzene rings is 1. The molecule has 0 saturated carbocycles. The molecular weight excluding hydrogens is 435 g/mol. The Morgan fingerprint density at radius 2 is 1.73 bits per heavy atom. The number of nitrogens with zero attached hydrogens (tertiary/aromatic N) is 2. The van der Waals surface area contributed by atoms with E-state index in [1.165, 1.54) is 23.5 Å². The minimum atomic E-state index is -0.230. The van der Waals surface area contributed by atoms with Gasteiger partial charge in [0.05, 0.1) is 8.66 Å². The lowest BCUT2D eigenvalue weighted by Crippen LogP contribution is -2.48. The van der Waals surface area contributed by atoms with Crippen LogP contribution in [0.25, 0.3) is 0 Å². The third kappa shape index (κ3) is 3.36. The Labute approximate surface area is 149 Å². The maximum absolute atomic E-state index is 13.0. The quantitative estimate of drug-likeness (QED) is 0.682. The van der Waals surface area contributed by atoms with Crippen molar-refractivity contribution in [3.05, 3.63) is 49.3 Å². The molecular formula is C15H13Br2FN2OS. The van der Waals surface area contributed by atoms with Crippen LogP contribution in [0, 0.1) is 5.82 Å². The second kappa shape index (κ2) is 6.68. The van der Waals surface area contributed by atoms with Crippen molar-refractivity contribution in [2.75, 3.05) is 31.1 Å². The molecule has 2 heterocycles. The minimum Gasteiger partial charge on any atom is -0.368 e. The van der Waals surface area contributed by atoms with Gasteiger partial charge in [-0.25, -0.2) is 4.39 Å². The highest BCUT2D eigenvalue weighted by Gasteiger charge is 2.24. The number of carbonyl (C=O) groups is 1. The number of piperazine rings is 1. The minimum absolute atomic E-state index is 0.0650. The molecule has 0 unspecified atom stereocenters. The Kier molecular flexibility index (Phi) is 4.84. The molecule has 1 aromatic heterocycles. The first-order chi connectivity index (χ1) is 10.5. The first kappa shape index (κ1) is 16.0. The summed E-state index contributed by atoms with van der Waals surface area (Å²) in [5, 5.41) is 0. The molecule has 1 aliphatic heterocycles. The summed E-state index contributed by atoms with van der Waals surface area (Å²) in [6.45, 7) is 2.85. The van der Waals surface area contributed by atoms with E-state index in [0.29, 0.717) is 13.1 Å². The summed E-state index contributed by atoms with van der Waals surface area (Å²) in [5.41, 5.74) is 0.995. The number of carbonyl (C=O) groups excluding carboxylic acids is 1. The van der Waals surface area contributed by atoms with Gasteiger partial charge >= 0.3 is 0 Å². The summed E-state index contributed by atoms with van der Waals surface area (Å²) >= 11 is 8.26. The molecule has 0 atom stereocenters. The number of hydrogen-bond acceptors (Lipinski definition) is 3. The summed E-state index contributed by atoms with van der Waals surface area (Å²) in [4.78, 5) is 17.2. The van der Waals surface area contributed by atoms with Crippen LogP contribution in [0.4, 0.5) is 10.1 Å². The molecule has 116 valence electrons. The van der Waals surface area contributed by atoms with Crippen molar-refractivity contribution in [1.82, 2.24) is 4.90 Å². The molecule has 1 saturated heterocycles. The maximum Gasteiger partial charge on any atom is 0.264 e. The number of thiophene rings is 1. The van der Waals surface area contributed by atoms with Gasteiger partial charge in [-0.2, -0.15) is 0 Å². The van der Waals surface area contributed by atoms with Gasteiger partial charge in [-0.1, -0.05) is 0 Å². The van der Waals surface area contributed by atoms with Crippen LogP contribution in [-0.4, -0.2) is 37.0 Å². The molecule has 7 heteroatoms. The fourth-order valence-electron chi connectivity index (χ4n) is 2.43. The highest BCUT2D eigenvalue weighted by atomic mass is 79.9. The highest BCUT2D eigenvalue weighted by molar-refractivity contribution is 9.13. The molecule has 1 aromatic carbocycles. The second-order valence-corrected chi connectivity index (χ2v) is 8.21. The molecule has 22 heavy (non-hydrogen) atoms. The van der Waals surface area contributed by atoms with Crippen molar-refractivity contribution < 1.29 is 9.18 Å². The number of anilines is 1. The van der Waals surface area contributed by atoms with Crippen molar-refractivity contribution in [3.63, 3.8) is 0 Å². The lowest BCUT2D eigenvalue weighted by atomic mass is 10.2. The Balaban J connectivity index is 1.64. The van der Waals surface area contributed by atoms with Crippen molar-refractivity contribution in [2.24, 2.45) is 0 Å². The van der Waals surface area contributed by atoms with Gasteiger partial charge in [0, 0.05) is 36.3 Å². The summed E-state index contributed by atoms with van der Waals surface area (Å²) < 4.78 is 14.8. The maximum atomic E-state index is 13.0. The van der Waals surface area contributed by atoms with Gasteiger partial charge < -0.3 is 9.80 Å². The van der Waals surface area contributed by atoms with Crippen LogP contribution in [-0.2, 0) is 0 Å². The molecule has 0 aliphatic carbocycles. The second-order valence-electron chi connectivity index (χ2n) is 4.99. The smallest absolute Gasteiger partial charge is 0.264 e. The number of rotatable bonds is 2. The molecule has 3 nitrogen and oxygen atoms in total. The van der Waals surface area contributed by atoms with Crippen LogP contribution in [0.5, 0.6) is 0 Å². The Bertz CT molecular complexity index is 662. The Hall–Kier alpha value is -0.920. The molecule has 0 spiro atoms. The summed E-state index contributed by atoms with van der Waals surface area (Å²) in [7, 11) is 0. The number of amides is 1. The first-order valence-corrected chi connectivity index (χ1v) is 9.19. The molecule has 3 rings (SSSR count). The predicted molar refractivity (Wildman–Crippen MR) is 94.2 cm³/mol. The zero-order valence-corrected chi connectivity index (χ0v) is 15.5. The zero-order chi connectivity index (χ0) is 15.7. The number of halogens is 3. The predicted octanol–water partition coefficient (Wildman–Crippen LogP) is 4.37. The average molecular weight is 448 g/mol. The van der Waals surface area contributed by atoms with Crippen molar-refractivity contribution >= 4 is 54.8 Å². The third-order valence-corrected chi connectivity index (χ3v) is 6.86. The van der Waals surface area contributed by atoms with Crippen LogP contribution < -0.4 is 4.90 Å². The van der Waals surface area contributed by atoms with Crippen molar-refractivity contribution in [1.29, 1.82) is 0 Å². The fraction of sp³-hybridized carbons (Fsp3) is 0.267. The van der Waals surface area contributed by atoms with E-state index in [1.807, 2.05) is 11.0 Å². The van der Waals surface area contributed by atoms with Gasteiger partial charge in [-0.15, -0.1) is 11.3 Å². The largest absolute Gasteiger partial charge is 0.368 e. The summed E-state index contributed by atoms with van der Waals surface area (Å²) in [5.74, 6) is -0.165. The van der Waals surface area contributed by atoms with Crippen LogP contribution >= 0.6 is 43.2 Å². The van der Waals surface area contributed by atoms with Crippen LogP contribution in [0.3, 0.4) is 0 Å². The summed E-state index contributed by atoms with van der Waals surface area (Å²) in [6.07, 6.45) is 0. The van der Waals surface area contributed by atoms with Gasteiger partial charge in [0.2, 0.25) is 0 Å². The molecule has 0 radical (unpaired) electrons. The van der Waals surface area contributed by atoms with Gasteiger partial charge in [0.25, 0.3) is 5.91 Å². The van der Waals surface area contributed by atoms with Gasteiger partial charge in [-0.3, -0.25) is 4.79 Å². The topological polar surface area (TPSA) is 23.6 Å². The van der Waals surface area contributed by atoms with E-state index in [9.17, 15) is 9.18 Å². The molecule has 0 bridgehead atoms. The lowest BCUT2D eigenvalue weighted by Gasteiger charge is -2.36. The van der Waals surface area contributed by atoms with Gasteiger partial charge in [-0.05, 0) is 62.2 Å². The van der Waals surface area contributed by atoms with E-state index in [-0.39, 0.29) is 11.7 Å². The molecule has 2 aromatic rings. The van der Waals surface area contributed by atoms with E-state index in [2.05, 4.69) is 36.8 Å². The Morgan fingerprint density at radius 3 is 2.27 bits per heavy atom. The fourth-order valence-corrected chi connectivity index (χ4v) is 4.43. The average Bonchev–Trinajstić information content (AvgIpc) is 2.87. The summed E-state index contributed by atoms with van der Waals surface area (Å²) in [6, 6.07) is 8.34. The molecule has 1 fully saturated rings. The van der Waals surface area contributed by atoms with E-state index in [0.717, 1.165) is 31.9 Å². The molecule has 1 aliphatic rings. The van der Waals surface area contributed by atoms with Gasteiger partial charge in [0.15, 0.2) is 0 Å². The van der Waals surface area contributed by atoms with E-state index < -0.39 is 0 Å². The normalized spacial score (nSPS) is 15.2. The highest BCUT2D eigenvalue weighted by Crippen LogP contribution is 2.33. The van der Waals surface area contributed by atoms with Crippen LogP contribution in [0.2, 0.25) is 0 Å². The molecule has 0 N–H and O–H groups in total. The van der Waals surface area contributed by atoms with Crippen molar-refractivity contribution in [2.45, 2.75) is 0 Å². The van der Waals surface area contributed by atoms with E-state index in [4.69, 9.17) is 0 Å². The third-order valence-electron chi connectivity index (χ3n) is 3.61.